The van der Waals surface area contributed by atoms with E-state index in [1.807, 2.05) is 0 Å². The molecule has 0 N–H and O–H groups in total. The van der Waals surface area contributed by atoms with Gasteiger partial charge < -0.3 is 4.74 Å². The number of carbonyl (C=O) groups excluding carboxylic acids is 2. The third-order valence-electron chi connectivity index (χ3n) is 3.79. The van der Waals surface area contributed by atoms with Crippen molar-refractivity contribution in [3.05, 3.63) is 71.6 Å². The third-order valence-corrected chi connectivity index (χ3v) is 3.79. The molecule has 0 saturated heterocycles. The first-order chi connectivity index (χ1) is 11.2. The Morgan fingerprint density at radius 2 is 1.61 bits per heavy atom. The molecule has 116 valence electrons. The van der Waals surface area contributed by atoms with Crippen molar-refractivity contribution in [1.82, 2.24) is 4.90 Å². The number of hydrogen-bond acceptors (Lipinski definition) is 3. The first kappa shape index (κ1) is 15.0. The van der Waals surface area contributed by atoms with Crippen LogP contribution >= 0.6 is 0 Å². The summed E-state index contributed by atoms with van der Waals surface area (Å²) < 4.78 is 18.6. The van der Waals surface area contributed by atoms with Gasteiger partial charge in [-0.1, -0.05) is 30.3 Å². The molecule has 2 aromatic carbocycles. The highest BCUT2D eigenvalue weighted by Gasteiger charge is 2.35. The van der Waals surface area contributed by atoms with Gasteiger partial charge in [0.1, 0.15) is 5.75 Å². The zero-order valence-electron chi connectivity index (χ0n) is 12.5. The summed E-state index contributed by atoms with van der Waals surface area (Å²) in [6.07, 6.45) is 0.404. The van der Waals surface area contributed by atoms with Crippen LogP contribution in [-0.4, -0.2) is 30.4 Å². The minimum absolute atomic E-state index is 0.150. The first-order valence-corrected chi connectivity index (χ1v) is 7.05. The molecule has 3 rings (SSSR count). The van der Waals surface area contributed by atoms with Crippen molar-refractivity contribution in [3.63, 3.8) is 0 Å². The fraction of sp³-hybridized carbons (Fsp3) is 0.111. The van der Waals surface area contributed by atoms with Crippen LogP contribution in [0.25, 0.3) is 5.57 Å². The van der Waals surface area contributed by atoms with E-state index < -0.39 is 11.8 Å². The quantitative estimate of drug-likeness (QED) is 0.814. The molecule has 0 saturated carbocycles. The van der Waals surface area contributed by atoms with E-state index >= 15 is 0 Å². The number of imide groups is 1. The maximum absolute atomic E-state index is 13.4. The summed E-state index contributed by atoms with van der Waals surface area (Å²) >= 11 is 0. The summed E-state index contributed by atoms with van der Waals surface area (Å²) in [4.78, 5) is 25.8. The van der Waals surface area contributed by atoms with Crippen LogP contribution in [0.2, 0.25) is 0 Å². The fourth-order valence-corrected chi connectivity index (χ4v) is 2.64. The number of fused-ring (bicyclic) bond motifs is 1. The molecule has 0 unspecified atom stereocenters. The summed E-state index contributed by atoms with van der Waals surface area (Å²) in [6, 6.07) is 13.5. The van der Waals surface area contributed by atoms with E-state index in [2.05, 4.69) is 0 Å². The number of halogens is 1. The Bertz CT molecular complexity index is 778. The van der Waals surface area contributed by atoms with Crippen LogP contribution in [0.3, 0.4) is 0 Å². The number of hydrogen-bond donors (Lipinski definition) is 0. The monoisotopic (exact) mass is 311 g/mol. The van der Waals surface area contributed by atoms with Gasteiger partial charge in [0, 0.05) is 11.1 Å². The number of rotatable bonds is 4. The van der Waals surface area contributed by atoms with Gasteiger partial charge in [0.15, 0.2) is 0 Å². The molecular weight excluding hydrogens is 297 g/mol. The van der Waals surface area contributed by atoms with Crippen LogP contribution in [0.5, 0.6) is 5.75 Å². The number of methoxy groups -OCH3 is 1. The van der Waals surface area contributed by atoms with Crippen molar-refractivity contribution in [3.8, 4) is 5.75 Å². The standard InChI is InChI=1S/C18H14FNO3/c1-23-16-9-5-4-6-13(16)12(10-19)11-20-17(21)14-7-2-3-8-15(14)18(20)22/h2-10H,11H2,1H3. The molecule has 0 atom stereocenters. The summed E-state index contributed by atoms with van der Waals surface area (Å²) in [5.74, 6) is -0.354. The molecular formula is C18H14FNO3. The van der Waals surface area contributed by atoms with E-state index in [1.54, 1.807) is 48.5 Å². The Hall–Kier alpha value is -2.95. The second kappa shape index (κ2) is 6.04. The normalized spacial score (nSPS) is 14.2. The van der Waals surface area contributed by atoms with Crippen molar-refractivity contribution in [2.24, 2.45) is 0 Å². The summed E-state index contributed by atoms with van der Waals surface area (Å²) in [5, 5.41) is 0. The van der Waals surface area contributed by atoms with E-state index in [0.717, 1.165) is 4.90 Å². The second-order valence-corrected chi connectivity index (χ2v) is 5.08. The summed E-state index contributed by atoms with van der Waals surface area (Å²) in [6.45, 7) is -0.150. The molecule has 2 amide bonds. The molecule has 0 aliphatic carbocycles. The molecule has 1 aliphatic heterocycles. The molecule has 0 spiro atoms. The van der Waals surface area contributed by atoms with E-state index in [9.17, 15) is 14.0 Å². The predicted molar refractivity (Wildman–Crippen MR) is 83.9 cm³/mol. The smallest absolute Gasteiger partial charge is 0.261 e. The van der Waals surface area contributed by atoms with Gasteiger partial charge in [0.25, 0.3) is 11.8 Å². The molecule has 0 fully saturated rings. The van der Waals surface area contributed by atoms with Gasteiger partial charge in [0.05, 0.1) is 31.1 Å². The van der Waals surface area contributed by atoms with Crippen LogP contribution in [0, 0.1) is 0 Å². The van der Waals surface area contributed by atoms with E-state index in [1.165, 1.54) is 7.11 Å². The molecule has 23 heavy (non-hydrogen) atoms. The lowest BCUT2D eigenvalue weighted by Crippen LogP contribution is -2.31. The maximum Gasteiger partial charge on any atom is 0.261 e. The molecule has 1 heterocycles. The zero-order chi connectivity index (χ0) is 16.4. The SMILES string of the molecule is COc1ccccc1C(=CF)CN1C(=O)c2ccccc2C1=O. The maximum atomic E-state index is 13.4. The van der Waals surface area contributed by atoms with Crippen LogP contribution in [0.15, 0.2) is 54.9 Å². The number of carbonyl (C=O) groups is 2. The van der Waals surface area contributed by atoms with Crippen molar-refractivity contribution in [1.29, 1.82) is 0 Å². The topological polar surface area (TPSA) is 46.6 Å². The number of ether oxygens (including phenoxy) is 1. The van der Waals surface area contributed by atoms with Gasteiger partial charge in [-0.15, -0.1) is 0 Å². The Kier molecular flexibility index (Phi) is 3.93. The highest BCUT2D eigenvalue weighted by molar-refractivity contribution is 6.21. The van der Waals surface area contributed by atoms with Gasteiger partial charge in [-0.05, 0) is 18.2 Å². The third kappa shape index (κ3) is 2.50. The Morgan fingerprint density at radius 3 is 2.17 bits per heavy atom. The zero-order valence-corrected chi connectivity index (χ0v) is 12.5. The van der Waals surface area contributed by atoms with Crippen LogP contribution in [-0.2, 0) is 0 Å². The number of nitrogens with zero attached hydrogens (tertiary/aromatic N) is 1. The van der Waals surface area contributed by atoms with Gasteiger partial charge >= 0.3 is 0 Å². The van der Waals surface area contributed by atoms with Crippen molar-refractivity contribution in [2.75, 3.05) is 13.7 Å². The predicted octanol–water partition coefficient (Wildman–Crippen LogP) is 3.30. The number of amides is 2. The lowest BCUT2D eigenvalue weighted by molar-refractivity contribution is 0.0674. The Morgan fingerprint density at radius 1 is 1.04 bits per heavy atom. The minimum atomic E-state index is -0.417. The van der Waals surface area contributed by atoms with E-state index in [-0.39, 0.29) is 12.1 Å². The van der Waals surface area contributed by atoms with E-state index in [0.29, 0.717) is 28.8 Å². The first-order valence-electron chi connectivity index (χ1n) is 7.05. The lowest BCUT2D eigenvalue weighted by Gasteiger charge is -2.17. The van der Waals surface area contributed by atoms with E-state index in [4.69, 9.17) is 4.74 Å². The average molecular weight is 311 g/mol. The summed E-state index contributed by atoms with van der Waals surface area (Å²) in [5.41, 5.74) is 1.40. The largest absolute Gasteiger partial charge is 0.496 e. The molecule has 1 aliphatic rings. The fourth-order valence-electron chi connectivity index (χ4n) is 2.64. The van der Waals surface area contributed by atoms with Crippen molar-refractivity contribution >= 4 is 17.4 Å². The molecule has 2 aromatic rings. The average Bonchev–Trinajstić information content (AvgIpc) is 2.84. The Balaban J connectivity index is 1.93. The van der Waals surface area contributed by atoms with Gasteiger partial charge in [-0.2, -0.15) is 0 Å². The molecule has 4 nitrogen and oxygen atoms in total. The number of para-hydroxylation sites is 1. The van der Waals surface area contributed by atoms with Crippen LogP contribution < -0.4 is 4.74 Å². The number of benzene rings is 2. The van der Waals surface area contributed by atoms with Gasteiger partial charge in [0.2, 0.25) is 0 Å². The second-order valence-electron chi connectivity index (χ2n) is 5.08. The van der Waals surface area contributed by atoms with Gasteiger partial charge in [-0.25, -0.2) is 4.39 Å². The van der Waals surface area contributed by atoms with Crippen LogP contribution in [0.4, 0.5) is 4.39 Å². The highest BCUT2D eigenvalue weighted by Crippen LogP contribution is 2.30. The molecule has 0 bridgehead atoms. The van der Waals surface area contributed by atoms with Gasteiger partial charge in [-0.3, -0.25) is 14.5 Å². The van der Waals surface area contributed by atoms with Crippen LogP contribution in [0.1, 0.15) is 26.3 Å². The minimum Gasteiger partial charge on any atom is -0.496 e. The lowest BCUT2D eigenvalue weighted by atomic mass is 10.1. The van der Waals surface area contributed by atoms with Crippen molar-refractivity contribution in [2.45, 2.75) is 0 Å². The molecule has 5 heteroatoms. The molecule has 0 aromatic heterocycles. The Labute approximate surface area is 132 Å². The molecule has 0 radical (unpaired) electrons. The highest BCUT2D eigenvalue weighted by atomic mass is 19.1. The summed E-state index contributed by atoms with van der Waals surface area (Å²) in [7, 11) is 1.48. The van der Waals surface area contributed by atoms with Crippen molar-refractivity contribution < 1.29 is 18.7 Å².